The molecule has 3 N–H and O–H groups in total. The minimum atomic E-state index is -3.22. The lowest BCUT2D eigenvalue weighted by Gasteiger charge is -2.33. The Labute approximate surface area is 127 Å². The average Bonchev–Trinajstić information content (AvgIpc) is 2.45. The second-order valence-corrected chi connectivity index (χ2v) is 7.03. The standard InChI is InChI=1S/C11H16ClN5O3S/c1-21(19,20)17-4-2-16(3-5-17)11(18)8-6-9(12)14-10(7-8)15-13/h6-7H,2-5,13H2,1H3,(H,14,15). The number of pyridine rings is 1. The van der Waals surface area contributed by atoms with Gasteiger partial charge in [-0.2, -0.15) is 4.31 Å². The molecule has 0 atom stereocenters. The van der Waals surface area contributed by atoms with Crippen LogP contribution in [-0.2, 0) is 10.0 Å². The van der Waals surface area contributed by atoms with Crippen LogP contribution in [-0.4, -0.2) is 60.9 Å². The molecule has 0 bridgehead atoms. The van der Waals surface area contributed by atoms with Crippen molar-refractivity contribution >= 4 is 33.3 Å². The van der Waals surface area contributed by atoms with E-state index in [-0.39, 0.29) is 24.1 Å². The fourth-order valence-electron chi connectivity index (χ4n) is 2.10. The van der Waals surface area contributed by atoms with E-state index in [0.717, 1.165) is 6.26 Å². The number of hydrogen-bond donors (Lipinski definition) is 2. The van der Waals surface area contributed by atoms with Gasteiger partial charge in [0.1, 0.15) is 11.0 Å². The summed E-state index contributed by atoms with van der Waals surface area (Å²) in [6, 6.07) is 2.95. The first-order valence-corrected chi connectivity index (χ1v) is 8.42. The second-order valence-electron chi connectivity index (χ2n) is 4.66. The van der Waals surface area contributed by atoms with Gasteiger partial charge in [-0.25, -0.2) is 19.2 Å². The summed E-state index contributed by atoms with van der Waals surface area (Å²) >= 11 is 5.83. The molecule has 1 aromatic rings. The number of carbonyl (C=O) groups is 1. The van der Waals surface area contributed by atoms with Crippen molar-refractivity contribution in [1.29, 1.82) is 0 Å². The van der Waals surface area contributed by atoms with Crippen molar-refractivity contribution in [2.45, 2.75) is 0 Å². The number of amides is 1. The van der Waals surface area contributed by atoms with Crippen LogP contribution < -0.4 is 11.3 Å². The lowest BCUT2D eigenvalue weighted by Crippen LogP contribution is -2.50. The molecule has 1 fully saturated rings. The molecule has 1 amide bonds. The zero-order valence-corrected chi connectivity index (χ0v) is 13.0. The lowest BCUT2D eigenvalue weighted by molar-refractivity contribution is 0.0698. The number of hydrazine groups is 1. The van der Waals surface area contributed by atoms with Gasteiger partial charge in [0.25, 0.3) is 5.91 Å². The summed E-state index contributed by atoms with van der Waals surface area (Å²) in [5.74, 6) is 5.32. The monoisotopic (exact) mass is 333 g/mol. The van der Waals surface area contributed by atoms with Gasteiger partial charge < -0.3 is 10.3 Å². The van der Waals surface area contributed by atoms with Gasteiger partial charge in [0.2, 0.25) is 10.0 Å². The molecule has 1 aromatic heterocycles. The summed E-state index contributed by atoms with van der Waals surface area (Å²) in [6.07, 6.45) is 1.16. The molecule has 0 aliphatic carbocycles. The maximum Gasteiger partial charge on any atom is 0.254 e. The second kappa shape index (κ2) is 6.14. The van der Waals surface area contributed by atoms with E-state index in [2.05, 4.69) is 10.4 Å². The number of hydrogen-bond acceptors (Lipinski definition) is 6. The molecule has 0 unspecified atom stereocenters. The Hall–Kier alpha value is -1.42. The molecular formula is C11H16ClN5O3S. The van der Waals surface area contributed by atoms with Gasteiger partial charge >= 0.3 is 0 Å². The van der Waals surface area contributed by atoms with E-state index in [1.165, 1.54) is 16.4 Å². The van der Waals surface area contributed by atoms with Crippen LogP contribution in [0.1, 0.15) is 10.4 Å². The van der Waals surface area contributed by atoms with Gasteiger partial charge in [0.15, 0.2) is 0 Å². The van der Waals surface area contributed by atoms with Crippen molar-refractivity contribution in [3.05, 3.63) is 22.8 Å². The lowest BCUT2D eigenvalue weighted by atomic mass is 10.2. The van der Waals surface area contributed by atoms with E-state index >= 15 is 0 Å². The van der Waals surface area contributed by atoms with Crippen molar-refractivity contribution in [1.82, 2.24) is 14.2 Å². The van der Waals surface area contributed by atoms with Crippen molar-refractivity contribution < 1.29 is 13.2 Å². The normalized spacial score (nSPS) is 16.8. The largest absolute Gasteiger partial charge is 0.336 e. The maximum atomic E-state index is 12.4. The van der Waals surface area contributed by atoms with Crippen LogP contribution in [0.25, 0.3) is 0 Å². The quantitative estimate of drug-likeness (QED) is 0.448. The Bertz CT molecular complexity index is 643. The van der Waals surface area contributed by atoms with E-state index in [0.29, 0.717) is 24.5 Å². The molecule has 1 aliphatic rings. The highest BCUT2D eigenvalue weighted by atomic mass is 35.5. The van der Waals surface area contributed by atoms with Gasteiger partial charge in [-0.15, -0.1) is 0 Å². The number of aromatic nitrogens is 1. The van der Waals surface area contributed by atoms with Crippen LogP contribution in [0.15, 0.2) is 12.1 Å². The third-order valence-electron chi connectivity index (χ3n) is 3.18. The molecule has 1 aliphatic heterocycles. The van der Waals surface area contributed by atoms with Gasteiger partial charge in [-0.05, 0) is 12.1 Å². The summed E-state index contributed by atoms with van der Waals surface area (Å²) in [6.45, 7) is 1.23. The third kappa shape index (κ3) is 3.82. The van der Waals surface area contributed by atoms with Crippen LogP contribution in [0.5, 0.6) is 0 Å². The summed E-state index contributed by atoms with van der Waals surface area (Å²) in [5, 5.41) is 0.156. The molecule has 0 aromatic carbocycles. The number of anilines is 1. The van der Waals surface area contributed by atoms with Crippen LogP contribution in [0.3, 0.4) is 0 Å². The van der Waals surface area contributed by atoms with Gasteiger partial charge in [0, 0.05) is 31.7 Å². The Kier molecular flexibility index (Phi) is 4.67. The number of piperazine rings is 1. The molecule has 1 saturated heterocycles. The number of sulfonamides is 1. The average molecular weight is 334 g/mol. The predicted octanol–water partition coefficient (Wildman–Crippen LogP) is -0.262. The number of rotatable bonds is 3. The number of nitrogens with one attached hydrogen (secondary N) is 1. The summed E-state index contributed by atoms with van der Waals surface area (Å²) in [7, 11) is -3.22. The van der Waals surface area contributed by atoms with Crippen LogP contribution in [0.4, 0.5) is 5.82 Å². The zero-order valence-electron chi connectivity index (χ0n) is 11.4. The minimum Gasteiger partial charge on any atom is -0.336 e. The number of nitrogens with zero attached hydrogens (tertiary/aromatic N) is 3. The molecule has 8 nitrogen and oxygen atoms in total. The molecule has 0 radical (unpaired) electrons. The highest BCUT2D eigenvalue weighted by Gasteiger charge is 2.26. The molecule has 21 heavy (non-hydrogen) atoms. The highest BCUT2D eigenvalue weighted by molar-refractivity contribution is 7.88. The zero-order chi connectivity index (χ0) is 15.6. The van der Waals surface area contributed by atoms with Crippen LogP contribution >= 0.6 is 11.6 Å². The predicted molar refractivity (Wildman–Crippen MR) is 79.4 cm³/mol. The van der Waals surface area contributed by atoms with E-state index in [4.69, 9.17) is 17.4 Å². The van der Waals surface area contributed by atoms with E-state index in [9.17, 15) is 13.2 Å². The number of halogens is 1. The van der Waals surface area contributed by atoms with E-state index in [1.807, 2.05) is 0 Å². The van der Waals surface area contributed by atoms with Crippen molar-refractivity contribution in [3.63, 3.8) is 0 Å². The fourth-order valence-corrected chi connectivity index (χ4v) is 3.13. The Morgan fingerprint density at radius 2 is 1.95 bits per heavy atom. The van der Waals surface area contributed by atoms with Crippen molar-refractivity contribution in [2.75, 3.05) is 37.9 Å². The maximum absolute atomic E-state index is 12.4. The van der Waals surface area contributed by atoms with Crippen molar-refractivity contribution in [3.8, 4) is 0 Å². The third-order valence-corrected chi connectivity index (χ3v) is 4.68. The highest BCUT2D eigenvalue weighted by Crippen LogP contribution is 2.17. The Morgan fingerprint density at radius 1 is 1.33 bits per heavy atom. The molecule has 0 saturated carbocycles. The smallest absolute Gasteiger partial charge is 0.254 e. The Balaban J connectivity index is 2.10. The molecule has 2 rings (SSSR count). The number of carbonyl (C=O) groups excluding carboxylic acids is 1. The van der Waals surface area contributed by atoms with Crippen LogP contribution in [0, 0.1) is 0 Å². The van der Waals surface area contributed by atoms with Crippen LogP contribution in [0.2, 0.25) is 5.15 Å². The molecular weight excluding hydrogens is 318 g/mol. The molecule has 116 valence electrons. The summed E-state index contributed by atoms with van der Waals surface area (Å²) < 4.78 is 24.2. The van der Waals surface area contributed by atoms with Gasteiger partial charge in [-0.1, -0.05) is 11.6 Å². The summed E-state index contributed by atoms with van der Waals surface area (Å²) in [4.78, 5) is 17.9. The van der Waals surface area contributed by atoms with E-state index in [1.54, 1.807) is 4.90 Å². The molecule has 0 spiro atoms. The van der Waals surface area contributed by atoms with Gasteiger partial charge in [0.05, 0.1) is 6.26 Å². The first-order valence-electron chi connectivity index (χ1n) is 6.20. The fraction of sp³-hybridized carbons (Fsp3) is 0.455. The molecule has 10 heteroatoms. The summed E-state index contributed by atoms with van der Waals surface area (Å²) in [5.41, 5.74) is 2.70. The van der Waals surface area contributed by atoms with Crippen molar-refractivity contribution in [2.24, 2.45) is 5.84 Å². The number of nitrogens with two attached hydrogens (primary N) is 1. The minimum absolute atomic E-state index is 0.156. The molecule has 2 heterocycles. The first kappa shape index (κ1) is 16.0. The van der Waals surface area contributed by atoms with E-state index < -0.39 is 10.0 Å². The first-order chi connectivity index (χ1) is 9.81. The number of nitrogen functional groups attached to an aromatic ring is 1. The SMILES string of the molecule is CS(=O)(=O)N1CCN(C(=O)c2cc(Cl)nc(NN)c2)CC1. The van der Waals surface area contributed by atoms with Gasteiger partial charge in [-0.3, -0.25) is 4.79 Å². The Morgan fingerprint density at radius 3 is 2.48 bits per heavy atom. The topological polar surface area (TPSA) is 109 Å².